The third-order valence-corrected chi connectivity index (χ3v) is 5.03. The molecular formula is C9H14ClN3O4S2. The molecular weight excluding hydrogens is 314 g/mol. The van der Waals surface area contributed by atoms with Crippen LogP contribution in [0.1, 0.15) is 6.92 Å². The van der Waals surface area contributed by atoms with Crippen molar-refractivity contribution in [1.29, 1.82) is 0 Å². The number of pyridine rings is 1. The van der Waals surface area contributed by atoms with E-state index in [9.17, 15) is 16.8 Å². The van der Waals surface area contributed by atoms with Crippen molar-refractivity contribution in [2.24, 2.45) is 0 Å². The first-order chi connectivity index (χ1) is 8.51. The van der Waals surface area contributed by atoms with Crippen LogP contribution in [-0.2, 0) is 19.9 Å². The molecule has 0 radical (unpaired) electrons. The van der Waals surface area contributed by atoms with Crippen molar-refractivity contribution < 1.29 is 16.8 Å². The maximum Gasteiger partial charge on any atom is 0.242 e. The van der Waals surface area contributed by atoms with Gasteiger partial charge in [0, 0.05) is 18.5 Å². The van der Waals surface area contributed by atoms with Crippen molar-refractivity contribution in [2.45, 2.75) is 17.9 Å². The number of nitrogens with one attached hydrogen (secondary N) is 1. The topological polar surface area (TPSA) is 119 Å². The van der Waals surface area contributed by atoms with Crippen molar-refractivity contribution in [2.75, 3.05) is 17.7 Å². The summed E-state index contributed by atoms with van der Waals surface area (Å²) in [7, 11) is -7.17. The average Bonchev–Trinajstić information content (AvgIpc) is 2.17. The molecule has 1 aromatic rings. The quantitative estimate of drug-likeness (QED) is 0.787. The molecule has 108 valence electrons. The lowest BCUT2D eigenvalue weighted by molar-refractivity contribution is 0.564. The SMILES string of the molecule is CC(CS(C)(=O)=O)NS(=O)(=O)c1cnc(N)c(Cl)c1. The van der Waals surface area contributed by atoms with E-state index in [0.29, 0.717) is 0 Å². The second kappa shape index (κ2) is 5.61. The first-order valence-electron chi connectivity index (χ1n) is 5.12. The molecule has 0 aliphatic rings. The Balaban J connectivity index is 2.95. The van der Waals surface area contributed by atoms with Gasteiger partial charge < -0.3 is 5.73 Å². The van der Waals surface area contributed by atoms with E-state index in [1.165, 1.54) is 6.92 Å². The number of nitrogens with two attached hydrogens (primary N) is 1. The van der Waals surface area contributed by atoms with Gasteiger partial charge in [-0.15, -0.1) is 0 Å². The predicted octanol–water partition coefficient (Wildman–Crippen LogP) is 0.0286. The van der Waals surface area contributed by atoms with Gasteiger partial charge in [-0.2, -0.15) is 0 Å². The fourth-order valence-electron chi connectivity index (χ4n) is 1.40. The lowest BCUT2D eigenvalue weighted by Crippen LogP contribution is -2.37. The molecule has 0 aliphatic heterocycles. The van der Waals surface area contributed by atoms with Gasteiger partial charge in [-0.3, -0.25) is 0 Å². The molecule has 7 nitrogen and oxygen atoms in total. The number of nitrogen functional groups attached to an aromatic ring is 1. The minimum absolute atomic E-state index is 0.0126. The summed E-state index contributed by atoms with van der Waals surface area (Å²) in [6.07, 6.45) is 2.08. The van der Waals surface area contributed by atoms with Crippen LogP contribution >= 0.6 is 11.6 Å². The van der Waals surface area contributed by atoms with Crippen molar-refractivity contribution in [3.05, 3.63) is 17.3 Å². The smallest absolute Gasteiger partial charge is 0.242 e. The highest BCUT2D eigenvalue weighted by Gasteiger charge is 2.21. The molecule has 0 aromatic carbocycles. The van der Waals surface area contributed by atoms with E-state index in [1.54, 1.807) is 0 Å². The second-order valence-electron chi connectivity index (χ2n) is 4.15. The van der Waals surface area contributed by atoms with Crippen molar-refractivity contribution >= 4 is 37.3 Å². The van der Waals surface area contributed by atoms with Crippen molar-refractivity contribution in [1.82, 2.24) is 9.71 Å². The molecule has 1 aromatic heterocycles. The average molecular weight is 328 g/mol. The third-order valence-electron chi connectivity index (χ3n) is 2.06. The Bertz CT molecular complexity index is 673. The minimum atomic E-state index is -3.89. The summed E-state index contributed by atoms with van der Waals surface area (Å²) in [5, 5.41) is 0.0126. The summed E-state index contributed by atoms with van der Waals surface area (Å²) in [5.41, 5.74) is 5.38. The minimum Gasteiger partial charge on any atom is -0.382 e. The molecule has 1 heterocycles. The first-order valence-corrected chi connectivity index (χ1v) is 9.04. The fourth-order valence-corrected chi connectivity index (χ4v) is 3.94. The maximum atomic E-state index is 11.9. The predicted molar refractivity (Wildman–Crippen MR) is 73.2 cm³/mol. The largest absolute Gasteiger partial charge is 0.382 e. The van der Waals surface area contributed by atoms with Gasteiger partial charge in [-0.25, -0.2) is 26.5 Å². The van der Waals surface area contributed by atoms with Gasteiger partial charge in [0.25, 0.3) is 0 Å². The maximum absolute atomic E-state index is 11.9. The van der Waals surface area contributed by atoms with E-state index >= 15 is 0 Å². The molecule has 0 bridgehead atoms. The summed E-state index contributed by atoms with van der Waals surface area (Å²) in [6.45, 7) is 1.45. The van der Waals surface area contributed by atoms with Crippen molar-refractivity contribution in [3.63, 3.8) is 0 Å². The summed E-state index contributed by atoms with van der Waals surface area (Å²) < 4.78 is 48.3. The molecule has 1 unspecified atom stereocenters. The number of hydrogen-bond acceptors (Lipinski definition) is 6. The van der Waals surface area contributed by atoms with E-state index in [0.717, 1.165) is 18.5 Å². The highest BCUT2D eigenvalue weighted by molar-refractivity contribution is 7.91. The van der Waals surface area contributed by atoms with E-state index in [2.05, 4.69) is 9.71 Å². The van der Waals surface area contributed by atoms with Crippen LogP contribution in [0.4, 0.5) is 5.82 Å². The Kier molecular flexibility index (Phi) is 4.77. The Morgan fingerprint density at radius 1 is 1.42 bits per heavy atom. The number of sulfone groups is 1. The molecule has 0 amide bonds. The zero-order chi connectivity index (χ0) is 14.8. The zero-order valence-electron chi connectivity index (χ0n) is 10.3. The number of aromatic nitrogens is 1. The molecule has 19 heavy (non-hydrogen) atoms. The number of hydrogen-bond donors (Lipinski definition) is 2. The molecule has 10 heteroatoms. The summed E-state index contributed by atoms with van der Waals surface area (Å²) >= 11 is 5.69. The summed E-state index contributed by atoms with van der Waals surface area (Å²) in [5.74, 6) is -0.285. The Morgan fingerprint density at radius 3 is 2.47 bits per heavy atom. The Hall–Kier alpha value is -0.900. The van der Waals surface area contributed by atoms with Crippen LogP contribution < -0.4 is 10.5 Å². The van der Waals surface area contributed by atoms with Gasteiger partial charge in [-0.1, -0.05) is 11.6 Å². The second-order valence-corrected chi connectivity index (χ2v) is 8.46. The zero-order valence-corrected chi connectivity index (χ0v) is 12.7. The Morgan fingerprint density at radius 2 is 2.00 bits per heavy atom. The fraction of sp³-hybridized carbons (Fsp3) is 0.444. The number of halogens is 1. The van der Waals surface area contributed by atoms with Gasteiger partial charge in [-0.05, 0) is 13.0 Å². The Labute approximate surface area is 117 Å². The van der Waals surface area contributed by atoms with Crippen LogP contribution in [-0.4, -0.2) is 39.9 Å². The van der Waals surface area contributed by atoms with E-state index in [4.69, 9.17) is 17.3 Å². The van der Waals surface area contributed by atoms with Crippen LogP contribution in [0, 0.1) is 0 Å². The van der Waals surface area contributed by atoms with Gasteiger partial charge in [0.1, 0.15) is 20.6 Å². The number of anilines is 1. The van der Waals surface area contributed by atoms with E-state index < -0.39 is 25.9 Å². The van der Waals surface area contributed by atoms with Crippen LogP contribution in [0.15, 0.2) is 17.2 Å². The summed E-state index contributed by atoms with van der Waals surface area (Å²) in [6, 6.07) is 0.385. The van der Waals surface area contributed by atoms with Gasteiger partial charge >= 0.3 is 0 Å². The molecule has 1 rings (SSSR count). The molecule has 0 saturated heterocycles. The molecule has 0 aliphatic carbocycles. The monoisotopic (exact) mass is 327 g/mol. The number of nitrogens with zero attached hydrogens (tertiary/aromatic N) is 1. The lowest BCUT2D eigenvalue weighted by atomic mass is 10.4. The molecule has 0 fully saturated rings. The highest BCUT2D eigenvalue weighted by Crippen LogP contribution is 2.19. The van der Waals surface area contributed by atoms with E-state index in [-0.39, 0.29) is 21.5 Å². The third kappa shape index (κ3) is 4.94. The van der Waals surface area contributed by atoms with Crippen LogP contribution in [0.5, 0.6) is 0 Å². The molecule has 0 saturated carbocycles. The van der Waals surface area contributed by atoms with E-state index in [1.807, 2.05) is 0 Å². The van der Waals surface area contributed by atoms with Crippen molar-refractivity contribution in [3.8, 4) is 0 Å². The summed E-state index contributed by atoms with van der Waals surface area (Å²) in [4.78, 5) is 3.46. The molecule has 1 atom stereocenters. The highest BCUT2D eigenvalue weighted by atomic mass is 35.5. The first kappa shape index (κ1) is 16.2. The van der Waals surface area contributed by atoms with Crippen LogP contribution in [0.3, 0.4) is 0 Å². The molecule has 3 N–H and O–H groups in total. The molecule has 0 spiro atoms. The van der Waals surface area contributed by atoms with Gasteiger partial charge in [0.05, 0.1) is 10.8 Å². The van der Waals surface area contributed by atoms with Gasteiger partial charge in [0.2, 0.25) is 10.0 Å². The number of sulfonamides is 1. The van der Waals surface area contributed by atoms with Gasteiger partial charge in [0.15, 0.2) is 0 Å². The number of rotatable bonds is 5. The van der Waals surface area contributed by atoms with Crippen LogP contribution in [0.25, 0.3) is 0 Å². The standard InChI is InChI=1S/C9H14ClN3O4S2/c1-6(5-18(2,14)15)13-19(16,17)7-3-8(10)9(11)12-4-7/h3-4,6,13H,5H2,1-2H3,(H2,11,12). The normalized spacial score (nSPS) is 14.3. The van der Waals surface area contributed by atoms with Crippen LogP contribution in [0.2, 0.25) is 5.02 Å². The lowest BCUT2D eigenvalue weighted by Gasteiger charge is -2.13.